The highest BCUT2D eigenvalue weighted by atomic mass is 16.4. The first-order chi connectivity index (χ1) is 5.28. The third-order valence-electron chi connectivity index (χ3n) is 1.43. The Morgan fingerprint density at radius 2 is 1.75 bits per heavy atom. The molecule has 0 atom stereocenters. The molecule has 0 unspecified atom stereocenters. The minimum atomic E-state index is -1.38. The van der Waals surface area contributed by atoms with E-state index in [2.05, 4.69) is 5.43 Å². The van der Waals surface area contributed by atoms with Crippen LogP contribution in [-0.2, 0) is 9.59 Å². The van der Waals surface area contributed by atoms with Crippen molar-refractivity contribution in [2.24, 2.45) is 5.41 Å². The second-order valence-electron chi connectivity index (χ2n) is 3.27. The zero-order valence-electron chi connectivity index (χ0n) is 7.71. The Labute approximate surface area is 71.3 Å². The number of hydrazine groups is 1. The van der Waals surface area contributed by atoms with Crippen LogP contribution in [0, 0.1) is 5.41 Å². The number of carboxylic acids is 1. The predicted molar refractivity (Wildman–Crippen MR) is 43.2 cm³/mol. The highest BCUT2D eigenvalue weighted by Gasteiger charge is 2.36. The lowest BCUT2D eigenvalue weighted by molar-refractivity contribution is -0.154. The molecular weight excluding hydrogens is 160 g/mol. The quantitative estimate of drug-likeness (QED) is 0.455. The van der Waals surface area contributed by atoms with Gasteiger partial charge in [0, 0.05) is 14.1 Å². The fourth-order valence-corrected chi connectivity index (χ4v) is 0.440. The topological polar surface area (TPSA) is 69.6 Å². The molecule has 0 rings (SSSR count). The summed E-state index contributed by atoms with van der Waals surface area (Å²) in [4.78, 5) is 21.7. The number of nitrogens with zero attached hydrogens (tertiary/aromatic N) is 1. The van der Waals surface area contributed by atoms with Gasteiger partial charge in [0.15, 0.2) is 0 Å². The number of hydrogen-bond donors (Lipinski definition) is 2. The normalized spacial score (nSPS) is 11.4. The Morgan fingerprint density at radius 3 is 2.00 bits per heavy atom. The van der Waals surface area contributed by atoms with Crippen molar-refractivity contribution >= 4 is 11.9 Å². The maximum atomic E-state index is 11.2. The van der Waals surface area contributed by atoms with E-state index in [1.54, 1.807) is 14.1 Å². The number of amides is 1. The molecule has 12 heavy (non-hydrogen) atoms. The lowest BCUT2D eigenvalue weighted by Gasteiger charge is -2.21. The van der Waals surface area contributed by atoms with Crippen LogP contribution in [0.1, 0.15) is 13.8 Å². The summed E-state index contributed by atoms with van der Waals surface area (Å²) in [6, 6.07) is 0. The maximum absolute atomic E-state index is 11.2. The molecular formula is C7H14N2O3. The largest absolute Gasteiger partial charge is 0.480 e. The highest BCUT2D eigenvalue weighted by Crippen LogP contribution is 2.14. The molecule has 0 aromatic rings. The third kappa shape index (κ3) is 2.50. The SMILES string of the molecule is CN(C)NC(=O)C(C)(C)C(=O)O. The molecule has 0 aromatic carbocycles. The molecule has 5 heteroatoms. The standard InChI is InChI=1S/C7H14N2O3/c1-7(2,6(11)12)5(10)8-9(3)4/h1-4H3,(H,8,10)(H,11,12). The summed E-state index contributed by atoms with van der Waals surface area (Å²) in [6.45, 7) is 2.71. The van der Waals surface area contributed by atoms with E-state index < -0.39 is 17.3 Å². The van der Waals surface area contributed by atoms with Crippen LogP contribution in [0.3, 0.4) is 0 Å². The van der Waals surface area contributed by atoms with Crippen molar-refractivity contribution < 1.29 is 14.7 Å². The molecule has 0 radical (unpaired) electrons. The molecule has 0 bridgehead atoms. The molecule has 0 aliphatic carbocycles. The lowest BCUT2D eigenvalue weighted by Crippen LogP contribution is -2.47. The molecule has 0 heterocycles. The Morgan fingerprint density at radius 1 is 1.33 bits per heavy atom. The van der Waals surface area contributed by atoms with Crippen molar-refractivity contribution in [3.8, 4) is 0 Å². The molecule has 0 aliphatic rings. The second kappa shape index (κ2) is 3.53. The molecule has 1 amide bonds. The van der Waals surface area contributed by atoms with Gasteiger partial charge in [0.1, 0.15) is 5.41 Å². The number of carbonyl (C=O) groups excluding carboxylic acids is 1. The average molecular weight is 174 g/mol. The number of carbonyl (C=O) groups is 2. The average Bonchev–Trinajstić information content (AvgIpc) is 1.85. The van der Waals surface area contributed by atoms with Crippen molar-refractivity contribution in [1.29, 1.82) is 0 Å². The van der Waals surface area contributed by atoms with Gasteiger partial charge in [0.2, 0.25) is 0 Å². The van der Waals surface area contributed by atoms with Crippen LogP contribution in [0.15, 0.2) is 0 Å². The highest BCUT2D eigenvalue weighted by molar-refractivity contribution is 6.00. The van der Waals surface area contributed by atoms with E-state index in [0.717, 1.165) is 0 Å². The summed E-state index contributed by atoms with van der Waals surface area (Å²) in [5, 5.41) is 10.1. The number of aliphatic carboxylic acids is 1. The summed E-state index contributed by atoms with van der Waals surface area (Å²) in [5.41, 5.74) is 0.993. The van der Waals surface area contributed by atoms with Gasteiger partial charge in [0.25, 0.3) is 5.91 Å². The van der Waals surface area contributed by atoms with Gasteiger partial charge in [0.05, 0.1) is 0 Å². The van der Waals surface area contributed by atoms with Crippen LogP contribution in [0.4, 0.5) is 0 Å². The second-order valence-corrected chi connectivity index (χ2v) is 3.27. The van der Waals surface area contributed by atoms with Gasteiger partial charge in [-0.25, -0.2) is 5.01 Å². The predicted octanol–water partition coefficient (Wildman–Crippen LogP) is -0.310. The first-order valence-electron chi connectivity index (χ1n) is 3.50. The number of carboxylic acid groups (broad SMARTS) is 1. The lowest BCUT2D eigenvalue weighted by atomic mass is 9.93. The van der Waals surface area contributed by atoms with Gasteiger partial charge in [-0.05, 0) is 13.8 Å². The number of rotatable bonds is 3. The molecule has 0 aliphatic heterocycles. The van der Waals surface area contributed by atoms with Crippen molar-refractivity contribution in [3.05, 3.63) is 0 Å². The van der Waals surface area contributed by atoms with Crippen LogP contribution in [0.2, 0.25) is 0 Å². The van der Waals surface area contributed by atoms with Crippen LogP contribution in [0.25, 0.3) is 0 Å². The van der Waals surface area contributed by atoms with Crippen molar-refractivity contribution in [2.75, 3.05) is 14.1 Å². The van der Waals surface area contributed by atoms with Crippen LogP contribution in [0.5, 0.6) is 0 Å². The Hall–Kier alpha value is -1.10. The molecule has 0 saturated heterocycles. The molecule has 2 N–H and O–H groups in total. The smallest absolute Gasteiger partial charge is 0.318 e. The summed E-state index contributed by atoms with van der Waals surface area (Å²) in [6.07, 6.45) is 0. The van der Waals surface area contributed by atoms with Crippen molar-refractivity contribution in [2.45, 2.75) is 13.8 Å². The Balaban J connectivity index is 4.36. The first-order valence-corrected chi connectivity index (χ1v) is 3.50. The fourth-order valence-electron chi connectivity index (χ4n) is 0.440. The van der Waals surface area contributed by atoms with E-state index in [4.69, 9.17) is 5.11 Å². The van der Waals surface area contributed by atoms with E-state index in [1.807, 2.05) is 0 Å². The Kier molecular flexibility index (Phi) is 3.21. The summed E-state index contributed by atoms with van der Waals surface area (Å²) < 4.78 is 0. The van der Waals surface area contributed by atoms with Crippen LogP contribution >= 0.6 is 0 Å². The monoisotopic (exact) mass is 174 g/mol. The van der Waals surface area contributed by atoms with Crippen molar-refractivity contribution in [3.63, 3.8) is 0 Å². The van der Waals surface area contributed by atoms with E-state index >= 15 is 0 Å². The van der Waals surface area contributed by atoms with Gasteiger partial charge >= 0.3 is 5.97 Å². The van der Waals surface area contributed by atoms with E-state index in [1.165, 1.54) is 18.9 Å². The number of hydrogen-bond acceptors (Lipinski definition) is 3. The number of nitrogens with one attached hydrogen (secondary N) is 1. The molecule has 5 nitrogen and oxygen atoms in total. The summed E-state index contributed by atoms with van der Waals surface area (Å²) >= 11 is 0. The minimum Gasteiger partial charge on any atom is -0.480 e. The molecule has 70 valence electrons. The van der Waals surface area contributed by atoms with Crippen molar-refractivity contribution in [1.82, 2.24) is 10.4 Å². The first kappa shape index (κ1) is 10.9. The van der Waals surface area contributed by atoms with E-state index in [-0.39, 0.29) is 0 Å². The molecule has 0 aromatic heterocycles. The minimum absolute atomic E-state index is 0.528. The van der Waals surface area contributed by atoms with Gasteiger partial charge < -0.3 is 5.11 Å². The van der Waals surface area contributed by atoms with Gasteiger partial charge in [-0.1, -0.05) is 0 Å². The van der Waals surface area contributed by atoms with Gasteiger partial charge in [-0.3, -0.25) is 15.0 Å². The zero-order chi connectivity index (χ0) is 9.94. The zero-order valence-corrected chi connectivity index (χ0v) is 7.71. The van der Waals surface area contributed by atoms with E-state index in [0.29, 0.717) is 0 Å². The van der Waals surface area contributed by atoms with Gasteiger partial charge in [-0.15, -0.1) is 0 Å². The summed E-state index contributed by atoms with van der Waals surface area (Å²) in [5.74, 6) is -1.66. The fraction of sp³-hybridized carbons (Fsp3) is 0.714. The molecule has 0 fully saturated rings. The summed E-state index contributed by atoms with van der Waals surface area (Å²) in [7, 11) is 3.24. The van der Waals surface area contributed by atoms with Crippen LogP contribution < -0.4 is 5.43 Å². The molecule has 0 saturated carbocycles. The van der Waals surface area contributed by atoms with E-state index in [9.17, 15) is 9.59 Å². The Bertz CT molecular complexity index is 199. The maximum Gasteiger partial charge on any atom is 0.318 e. The van der Waals surface area contributed by atoms with Crippen LogP contribution in [-0.4, -0.2) is 36.1 Å². The molecule has 0 spiro atoms. The third-order valence-corrected chi connectivity index (χ3v) is 1.43. The van der Waals surface area contributed by atoms with Gasteiger partial charge in [-0.2, -0.15) is 0 Å².